The van der Waals surface area contributed by atoms with E-state index in [4.69, 9.17) is 10.5 Å². The summed E-state index contributed by atoms with van der Waals surface area (Å²) in [6.07, 6.45) is 4.79. The molecule has 0 spiro atoms. The van der Waals surface area contributed by atoms with E-state index >= 15 is 0 Å². The highest BCUT2D eigenvalue weighted by Gasteiger charge is 2.34. The Balaban J connectivity index is 1.60. The lowest BCUT2D eigenvalue weighted by atomic mass is 9.94. The van der Waals surface area contributed by atoms with E-state index in [1.54, 1.807) is 0 Å². The number of nitrogens with two attached hydrogens (primary N) is 1. The lowest BCUT2D eigenvalue weighted by molar-refractivity contribution is -0.132. The van der Waals surface area contributed by atoms with Crippen LogP contribution in [0.4, 0.5) is 0 Å². The Morgan fingerprint density at radius 3 is 2.71 bits per heavy atom. The number of nitrogens with one attached hydrogen (secondary N) is 1. The largest absolute Gasteiger partial charge is 0.364 e. The van der Waals surface area contributed by atoms with Crippen molar-refractivity contribution in [3.05, 3.63) is 35.9 Å². The van der Waals surface area contributed by atoms with Crippen LogP contribution < -0.4 is 11.1 Å². The second kappa shape index (κ2) is 6.58. The van der Waals surface area contributed by atoms with Gasteiger partial charge in [-0.1, -0.05) is 36.8 Å². The SMILES string of the molecule is NC[C@H]1CC[C@@H](C(=O)NC2CCCC2c2ccccc2)O1. The van der Waals surface area contributed by atoms with Crippen molar-refractivity contribution in [2.75, 3.05) is 6.54 Å². The Morgan fingerprint density at radius 2 is 2.00 bits per heavy atom. The van der Waals surface area contributed by atoms with Crippen LogP contribution in [0, 0.1) is 0 Å². The molecule has 114 valence electrons. The summed E-state index contributed by atoms with van der Waals surface area (Å²) in [5.41, 5.74) is 6.93. The minimum Gasteiger partial charge on any atom is -0.364 e. The van der Waals surface area contributed by atoms with Crippen molar-refractivity contribution in [1.29, 1.82) is 0 Å². The van der Waals surface area contributed by atoms with Crippen molar-refractivity contribution in [3.63, 3.8) is 0 Å². The van der Waals surface area contributed by atoms with Crippen LogP contribution >= 0.6 is 0 Å². The molecule has 3 N–H and O–H groups in total. The van der Waals surface area contributed by atoms with Crippen LogP contribution in [0.1, 0.15) is 43.6 Å². The minimum atomic E-state index is -0.310. The van der Waals surface area contributed by atoms with E-state index in [1.807, 2.05) is 6.07 Å². The molecule has 21 heavy (non-hydrogen) atoms. The number of rotatable bonds is 4. The van der Waals surface area contributed by atoms with E-state index in [0.29, 0.717) is 12.5 Å². The van der Waals surface area contributed by atoms with Gasteiger partial charge in [-0.3, -0.25) is 4.79 Å². The maximum Gasteiger partial charge on any atom is 0.249 e. The van der Waals surface area contributed by atoms with Crippen LogP contribution in [0.3, 0.4) is 0 Å². The average Bonchev–Trinajstić information content (AvgIpc) is 3.17. The second-order valence-electron chi connectivity index (χ2n) is 6.12. The van der Waals surface area contributed by atoms with Crippen LogP contribution in [0.5, 0.6) is 0 Å². The van der Waals surface area contributed by atoms with Crippen molar-refractivity contribution in [2.24, 2.45) is 5.73 Å². The Labute approximate surface area is 126 Å². The molecule has 0 radical (unpaired) electrons. The van der Waals surface area contributed by atoms with E-state index in [-0.39, 0.29) is 24.2 Å². The number of benzene rings is 1. The molecule has 1 heterocycles. The van der Waals surface area contributed by atoms with Crippen molar-refractivity contribution in [2.45, 2.75) is 56.3 Å². The normalized spacial score (nSPS) is 32.2. The Bertz CT molecular complexity index is 477. The number of amides is 1. The standard InChI is InChI=1S/C17H24N2O2/c18-11-13-9-10-16(21-13)17(20)19-15-8-4-7-14(15)12-5-2-1-3-6-12/h1-3,5-6,13-16H,4,7-11,18H2,(H,19,20)/t13-,14?,15?,16+/m1/s1. The number of hydrogen-bond donors (Lipinski definition) is 2. The Hall–Kier alpha value is -1.39. The van der Waals surface area contributed by atoms with Gasteiger partial charge < -0.3 is 15.8 Å². The van der Waals surface area contributed by atoms with Gasteiger partial charge in [-0.25, -0.2) is 0 Å². The van der Waals surface area contributed by atoms with Crippen LogP contribution in [-0.4, -0.2) is 30.7 Å². The first-order chi connectivity index (χ1) is 10.3. The molecule has 1 aliphatic heterocycles. The first kappa shape index (κ1) is 14.5. The molecular weight excluding hydrogens is 264 g/mol. The second-order valence-corrected chi connectivity index (χ2v) is 6.12. The van der Waals surface area contributed by atoms with Gasteiger partial charge in [0.1, 0.15) is 6.10 Å². The summed E-state index contributed by atoms with van der Waals surface area (Å²) in [7, 11) is 0. The molecule has 2 aliphatic rings. The Kier molecular flexibility index (Phi) is 4.56. The maximum absolute atomic E-state index is 12.4. The van der Waals surface area contributed by atoms with Gasteiger partial charge in [0.2, 0.25) is 5.91 Å². The number of ether oxygens (including phenoxy) is 1. The molecule has 1 saturated carbocycles. The fourth-order valence-electron chi connectivity index (χ4n) is 3.58. The lowest BCUT2D eigenvalue weighted by Gasteiger charge is -2.23. The summed E-state index contributed by atoms with van der Waals surface area (Å²) >= 11 is 0. The monoisotopic (exact) mass is 288 g/mol. The van der Waals surface area contributed by atoms with E-state index in [9.17, 15) is 4.79 Å². The van der Waals surface area contributed by atoms with Crippen molar-refractivity contribution >= 4 is 5.91 Å². The molecule has 1 aromatic rings. The minimum absolute atomic E-state index is 0.0405. The zero-order valence-electron chi connectivity index (χ0n) is 12.3. The summed E-state index contributed by atoms with van der Waals surface area (Å²) < 4.78 is 5.69. The first-order valence-corrected chi connectivity index (χ1v) is 7.99. The highest BCUT2D eigenvalue weighted by molar-refractivity contribution is 5.81. The molecule has 4 atom stereocenters. The highest BCUT2D eigenvalue weighted by Crippen LogP contribution is 2.34. The molecule has 1 aliphatic carbocycles. The molecule has 0 aromatic heterocycles. The fourth-order valence-corrected chi connectivity index (χ4v) is 3.58. The summed E-state index contributed by atoms with van der Waals surface area (Å²) in [4.78, 5) is 12.4. The summed E-state index contributed by atoms with van der Waals surface area (Å²) in [5.74, 6) is 0.473. The van der Waals surface area contributed by atoms with Crippen LogP contribution in [-0.2, 0) is 9.53 Å². The average molecular weight is 288 g/mol. The van der Waals surface area contributed by atoms with Crippen LogP contribution in [0.25, 0.3) is 0 Å². The number of carbonyl (C=O) groups is 1. The molecule has 4 nitrogen and oxygen atoms in total. The van der Waals surface area contributed by atoms with Gasteiger partial charge in [0.05, 0.1) is 6.10 Å². The Morgan fingerprint density at radius 1 is 1.19 bits per heavy atom. The van der Waals surface area contributed by atoms with E-state index in [1.165, 1.54) is 12.0 Å². The predicted molar refractivity (Wildman–Crippen MR) is 81.9 cm³/mol. The zero-order chi connectivity index (χ0) is 14.7. The van der Waals surface area contributed by atoms with Gasteiger partial charge in [0.15, 0.2) is 0 Å². The first-order valence-electron chi connectivity index (χ1n) is 7.99. The highest BCUT2D eigenvalue weighted by atomic mass is 16.5. The molecular formula is C17H24N2O2. The lowest BCUT2D eigenvalue weighted by Crippen LogP contribution is -2.42. The van der Waals surface area contributed by atoms with Crippen molar-refractivity contribution in [1.82, 2.24) is 5.32 Å². The topological polar surface area (TPSA) is 64.4 Å². The van der Waals surface area contributed by atoms with Crippen molar-refractivity contribution in [3.8, 4) is 0 Å². The zero-order valence-corrected chi connectivity index (χ0v) is 12.3. The van der Waals surface area contributed by atoms with Gasteiger partial charge >= 0.3 is 0 Å². The summed E-state index contributed by atoms with van der Waals surface area (Å²) in [6, 6.07) is 10.7. The molecule has 1 amide bonds. The molecule has 1 saturated heterocycles. The smallest absolute Gasteiger partial charge is 0.249 e. The van der Waals surface area contributed by atoms with Gasteiger partial charge in [-0.05, 0) is 31.2 Å². The molecule has 2 fully saturated rings. The molecule has 4 heteroatoms. The molecule has 0 bridgehead atoms. The summed E-state index contributed by atoms with van der Waals surface area (Å²) in [5, 5.41) is 3.21. The van der Waals surface area contributed by atoms with Crippen LogP contribution in [0.2, 0.25) is 0 Å². The fraction of sp³-hybridized carbons (Fsp3) is 0.588. The van der Waals surface area contributed by atoms with E-state index in [0.717, 1.165) is 25.7 Å². The van der Waals surface area contributed by atoms with E-state index in [2.05, 4.69) is 29.6 Å². The number of hydrogen-bond acceptors (Lipinski definition) is 3. The third kappa shape index (κ3) is 3.27. The van der Waals surface area contributed by atoms with Gasteiger partial charge in [-0.2, -0.15) is 0 Å². The van der Waals surface area contributed by atoms with Crippen molar-refractivity contribution < 1.29 is 9.53 Å². The quantitative estimate of drug-likeness (QED) is 0.890. The third-order valence-electron chi connectivity index (χ3n) is 4.73. The summed E-state index contributed by atoms with van der Waals surface area (Å²) in [6.45, 7) is 0.500. The molecule has 1 aromatic carbocycles. The van der Waals surface area contributed by atoms with Gasteiger partial charge in [-0.15, -0.1) is 0 Å². The number of carbonyl (C=O) groups excluding carboxylic acids is 1. The van der Waals surface area contributed by atoms with Crippen LogP contribution in [0.15, 0.2) is 30.3 Å². The van der Waals surface area contributed by atoms with Gasteiger partial charge in [0.25, 0.3) is 0 Å². The predicted octanol–water partition coefficient (Wildman–Crippen LogP) is 1.95. The van der Waals surface area contributed by atoms with Gasteiger partial charge in [0, 0.05) is 18.5 Å². The third-order valence-corrected chi connectivity index (χ3v) is 4.73. The van der Waals surface area contributed by atoms with E-state index < -0.39 is 0 Å². The maximum atomic E-state index is 12.4. The molecule has 2 unspecified atom stereocenters. The molecule has 3 rings (SSSR count).